The van der Waals surface area contributed by atoms with Crippen LogP contribution in [0.1, 0.15) is 48.9 Å². The fourth-order valence-corrected chi connectivity index (χ4v) is 4.17. The van der Waals surface area contributed by atoms with E-state index < -0.39 is 5.91 Å². The third-order valence-corrected chi connectivity index (χ3v) is 5.63. The highest BCUT2D eigenvalue weighted by atomic mass is 16.5. The Morgan fingerprint density at radius 2 is 1.66 bits per heavy atom. The summed E-state index contributed by atoms with van der Waals surface area (Å²) in [5.74, 6) is -0.645. The first-order valence-corrected chi connectivity index (χ1v) is 11.4. The maximum absolute atomic E-state index is 12.8. The van der Waals surface area contributed by atoms with Crippen molar-refractivity contribution in [3.05, 3.63) is 71.5 Å². The summed E-state index contributed by atoms with van der Waals surface area (Å²) in [5, 5.41) is 11.9. The van der Waals surface area contributed by atoms with Gasteiger partial charge >= 0.3 is 0 Å². The second-order valence-corrected chi connectivity index (χ2v) is 9.72. The first-order valence-electron chi connectivity index (χ1n) is 11.4. The summed E-state index contributed by atoms with van der Waals surface area (Å²) in [7, 11) is 0. The summed E-state index contributed by atoms with van der Waals surface area (Å²) in [6, 6.07) is 16.7. The Labute approximate surface area is 204 Å². The topological polar surface area (TPSA) is 116 Å². The van der Waals surface area contributed by atoms with Crippen LogP contribution >= 0.6 is 0 Å². The Morgan fingerprint density at radius 3 is 2.31 bits per heavy atom. The third kappa shape index (κ3) is 4.87. The molecule has 8 heteroatoms. The Morgan fingerprint density at radius 1 is 1.00 bits per heavy atom. The molecule has 0 atom stereocenters. The number of nitrogens with one attached hydrogen (secondary N) is 1. The molecule has 0 fully saturated rings. The highest BCUT2D eigenvalue weighted by Crippen LogP contribution is 2.42. The number of primary amides is 1. The van der Waals surface area contributed by atoms with Gasteiger partial charge in [0.25, 0.3) is 0 Å². The van der Waals surface area contributed by atoms with E-state index in [0.29, 0.717) is 22.4 Å². The minimum atomic E-state index is -0.590. The number of amides is 2. The quantitative estimate of drug-likeness (QED) is 0.397. The van der Waals surface area contributed by atoms with Crippen LogP contribution in [0.2, 0.25) is 0 Å². The van der Waals surface area contributed by atoms with Crippen molar-refractivity contribution >= 4 is 17.7 Å². The maximum atomic E-state index is 12.8. The van der Waals surface area contributed by atoms with Crippen molar-refractivity contribution in [3.8, 4) is 28.1 Å². The van der Waals surface area contributed by atoms with Crippen molar-refractivity contribution in [3.63, 3.8) is 0 Å². The van der Waals surface area contributed by atoms with Gasteiger partial charge in [-0.05, 0) is 37.5 Å². The van der Waals surface area contributed by atoms with Gasteiger partial charge in [-0.3, -0.25) is 14.9 Å². The monoisotopic (exact) mass is 471 g/mol. The number of carbonyl (C=O) groups is 2. The molecular weight excluding hydrogens is 442 g/mol. The van der Waals surface area contributed by atoms with Gasteiger partial charge in [-0.1, -0.05) is 62.3 Å². The number of nitrogens with two attached hydrogens (primary N) is 1. The van der Waals surface area contributed by atoms with Crippen LogP contribution in [0.5, 0.6) is 0 Å². The molecular formula is C27H29N5O3. The average Bonchev–Trinajstić information content (AvgIpc) is 3.32. The van der Waals surface area contributed by atoms with E-state index >= 15 is 0 Å². The van der Waals surface area contributed by atoms with Crippen molar-refractivity contribution in [2.45, 2.75) is 41.0 Å². The first-order chi connectivity index (χ1) is 16.6. The van der Waals surface area contributed by atoms with E-state index in [1.807, 2.05) is 69.6 Å². The first kappa shape index (κ1) is 23.9. The van der Waals surface area contributed by atoms with Gasteiger partial charge < -0.3 is 10.3 Å². The Hall–Kier alpha value is -4.20. The van der Waals surface area contributed by atoms with Crippen LogP contribution in [0.15, 0.2) is 59.1 Å². The molecule has 0 aliphatic rings. The van der Waals surface area contributed by atoms with Crippen LogP contribution in [-0.4, -0.2) is 26.8 Å². The van der Waals surface area contributed by atoms with Crippen molar-refractivity contribution in [1.82, 2.24) is 14.9 Å². The van der Waals surface area contributed by atoms with Crippen molar-refractivity contribution in [1.29, 1.82) is 0 Å². The fourth-order valence-electron chi connectivity index (χ4n) is 4.17. The lowest BCUT2D eigenvalue weighted by Crippen LogP contribution is -2.20. The molecule has 0 unspecified atom stereocenters. The average molecular weight is 472 g/mol. The lowest BCUT2D eigenvalue weighted by atomic mass is 9.91. The molecule has 0 spiro atoms. The Kier molecular flexibility index (Phi) is 6.30. The smallest absolute Gasteiger partial charge is 0.249 e. The van der Waals surface area contributed by atoms with E-state index in [1.54, 1.807) is 24.3 Å². The van der Waals surface area contributed by atoms with Crippen LogP contribution in [0.25, 0.3) is 28.1 Å². The molecule has 0 bridgehead atoms. The number of anilines is 1. The zero-order chi connectivity index (χ0) is 25.3. The second kappa shape index (κ2) is 9.21. The van der Waals surface area contributed by atoms with E-state index in [0.717, 1.165) is 22.6 Å². The number of nitrogens with zero attached hydrogens (tertiary/aromatic N) is 3. The number of rotatable bonds is 6. The van der Waals surface area contributed by atoms with Crippen LogP contribution in [0, 0.1) is 19.3 Å². The van der Waals surface area contributed by atoms with Gasteiger partial charge in [-0.25, -0.2) is 4.68 Å². The predicted molar refractivity (Wildman–Crippen MR) is 135 cm³/mol. The normalized spacial score (nSPS) is 11.5. The van der Waals surface area contributed by atoms with Gasteiger partial charge in [0.1, 0.15) is 5.69 Å². The summed E-state index contributed by atoms with van der Waals surface area (Å²) in [6.45, 7) is 9.77. The molecule has 0 saturated carbocycles. The van der Waals surface area contributed by atoms with Gasteiger partial charge in [0.15, 0.2) is 0 Å². The highest BCUT2D eigenvalue weighted by Gasteiger charge is 2.29. The van der Waals surface area contributed by atoms with E-state index in [9.17, 15) is 9.59 Å². The van der Waals surface area contributed by atoms with Crippen LogP contribution < -0.4 is 11.1 Å². The third-order valence-electron chi connectivity index (χ3n) is 5.63. The molecule has 0 aliphatic carbocycles. The minimum Gasteiger partial charge on any atom is -0.366 e. The summed E-state index contributed by atoms with van der Waals surface area (Å²) in [6.07, 6.45) is 0.282. The van der Waals surface area contributed by atoms with Crippen molar-refractivity contribution in [2.75, 3.05) is 5.32 Å². The molecule has 2 heterocycles. The number of aryl methyl sites for hydroxylation is 1. The number of benzene rings is 2. The Balaban J connectivity index is 1.92. The minimum absolute atomic E-state index is 0.161. The summed E-state index contributed by atoms with van der Waals surface area (Å²) in [4.78, 5) is 25.1. The Bertz CT molecular complexity index is 1390. The lowest BCUT2D eigenvalue weighted by molar-refractivity contribution is -0.117. The van der Waals surface area contributed by atoms with Gasteiger partial charge in [0.2, 0.25) is 17.7 Å². The van der Waals surface area contributed by atoms with E-state index in [-0.39, 0.29) is 23.6 Å². The SMILES string of the molecule is Cc1nn(-c2ccccc2)c(C)c1-c1noc(NC(=O)CC(C)(C)C)c1-c1ccccc1C(N)=O. The molecule has 35 heavy (non-hydrogen) atoms. The number of para-hydroxylation sites is 1. The summed E-state index contributed by atoms with van der Waals surface area (Å²) in [5.41, 5.74) is 10.5. The predicted octanol–water partition coefficient (Wildman–Crippen LogP) is 5.28. The van der Waals surface area contributed by atoms with Gasteiger partial charge in [-0.2, -0.15) is 5.10 Å². The van der Waals surface area contributed by atoms with Gasteiger partial charge in [0, 0.05) is 23.1 Å². The number of aromatic nitrogens is 3. The zero-order valence-corrected chi connectivity index (χ0v) is 20.5. The van der Waals surface area contributed by atoms with Crippen molar-refractivity contribution in [2.24, 2.45) is 11.1 Å². The zero-order valence-electron chi connectivity index (χ0n) is 20.5. The molecule has 0 radical (unpaired) electrons. The molecule has 2 amide bonds. The summed E-state index contributed by atoms with van der Waals surface area (Å²) >= 11 is 0. The van der Waals surface area contributed by atoms with Crippen LogP contribution in [0.3, 0.4) is 0 Å². The molecule has 3 N–H and O–H groups in total. The van der Waals surface area contributed by atoms with Gasteiger partial charge in [-0.15, -0.1) is 0 Å². The van der Waals surface area contributed by atoms with Crippen molar-refractivity contribution < 1.29 is 14.1 Å². The molecule has 180 valence electrons. The van der Waals surface area contributed by atoms with E-state index in [1.165, 1.54) is 0 Å². The van der Waals surface area contributed by atoms with E-state index in [2.05, 4.69) is 10.5 Å². The van der Waals surface area contributed by atoms with E-state index in [4.69, 9.17) is 15.4 Å². The maximum Gasteiger partial charge on any atom is 0.249 e. The lowest BCUT2D eigenvalue weighted by Gasteiger charge is -2.17. The molecule has 2 aromatic carbocycles. The largest absolute Gasteiger partial charge is 0.366 e. The standard InChI is InChI=1S/C27H29N5O3/c1-16-22(17(2)32(30-16)18-11-7-6-8-12-18)24-23(19-13-9-10-14-20(19)25(28)34)26(35-31-24)29-21(33)15-27(3,4)5/h6-14H,15H2,1-5H3,(H2,28,34)(H,29,33). The fraction of sp³-hybridized carbons (Fsp3) is 0.259. The molecule has 0 saturated heterocycles. The number of carbonyl (C=O) groups excluding carboxylic acids is 2. The molecule has 0 aliphatic heterocycles. The van der Waals surface area contributed by atoms with Gasteiger partial charge in [0.05, 0.1) is 22.6 Å². The molecule has 8 nitrogen and oxygen atoms in total. The molecule has 2 aromatic heterocycles. The van der Waals surface area contributed by atoms with Crippen LogP contribution in [0.4, 0.5) is 5.88 Å². The number of hydrogen-bond donors (Lipinski definition) is 2. The second-order valence-electron chi connectivity index (χ2n) is 9.72. The molecule has 4 aromatic rings. The molecule has 4 rings (SSSR count). The van der Waals surface area contributed by atoms with Crippen LogP contribution in [-0.2, 0) is 4.79 Å². The number of hydrogen-bond acceptors (Lipinski definition) is 5. The highest BCUT2D eigenvalue weighted by molar-refractivity contribution is 6.05. The summed E-state index contributed by atoms with van der Waals surface area (Å²) < 4.78 is 7.51.